The number of anilines is 2. The highest BCUT2D eigenvalue weighted by Crippen LogP contribution is 2.19. The Bertz CT molecular complexity index is 772. The van der Waals surface area contributed by atoms with Crippen molar-refractivity contribution in [1.82, 2.24) is 24.8 Å². The van der Waals surface area contributed by atoms with E-state index in [1.165, 1.54) is 5.75 Å². The van der Waals surface area contributed by atoms with Crippen LogP contribution in [0.25, 0.3) is 11.2 Å². The van der Waals surface area contributed by atoms with Gasteiger partial charge in [0, 0.05) is 52.1 Å². The molecule has 0 aromatic carbocycles. The van der Waals surface area contributed by atoms with Crippen molar-refractivity contribution < 1.29 is 0 Å². The van der Waals surface area contributed by atoms with E-state index in [4.69, 9.17) is 4.98 Å². The van der Waals surface area contributed by atoms with E-state index in [0.717, 1.165) is 63.3 Å². The maximum Gasteiger partial charge on any atom is 0.280 e. The number of nitrogens with one attached hydrogen (secondary N) is 2. The number of piperazine rings is 1. The molecule has 0 bridgehead atoms. The number of thioether (sulfide) groups is 1. The van der Waals surface area contributed by atoms with E-state index in [1.807, 2.05) is 11.8 Å². The Balaban J connectivity index is 1.73. The number of nitrogens with zero attached hydrogens (tertiary/aromatic N) is 5. The summed E-state index contributed by atoms with van der Waals surface area (Å²) in [6, 6.07) is 0. The maximum atomic E-state index is 12.8. The Kier molecular flexibility index (Phi) is 4.36. The molecule has 2 fully saturated rings. The fourth-order valence-corrected chi connectivity index (χ4v) is 4.15. The number of aromatic amines is 1. The molecule has 130 valence electrons. The fourth-order valence-electron chi connectivity index (χ4n) is 3.27. The van der Waals surface area contributed by atoms with E-state index in [1.54, 1.807) is 11.6 Å². The van der Waals surface area contributed by atoms with Crippen LogP contribution in [0.4, 0.5) is 11.9 Å². The highest BCUT2D eigenvalue weighted by Gasteiger charge is 2.21. The first-order chi connectivity index (χ1) is 11.7. The van der Waals surface area contributed by atoms with Gasteiger partial charge in [0.25, 0.3) is 5.56 Å². The van der Waals surface area contributed by atoms with E-state index in [2.05, 4.69) is 25.1 Å². The molecule has 2 aliphatic rings. The van der Waals surface area contributed by atoms with Gasteiger partial charge in [-0.15, -0.1) is 0 Å². The summed E-state index contributed by atoms with van der Waals surface area (Å²) in [4.78, 5) is 29.6. The molecule has 0 atom stereocenters. The number of H-pyrrole nitrogens is 1. The Morgan fingerprint density at radius 1 is 1.04 bits per heavy atom. The molecular weight excluding hydrogens is 326 g/mol. The van der Waals surface area contributed by atoms with Crippen LogP contribution in [-0.2, 0) is 7.05 Å². The lowest BCUT2D eigenvalue weighted by atomic mass is 10.4. The molecule has 0 radical (unpaired) electrons. The van der Waals surface area contributed by atoms with E-state index in [9.17, 15) is 4.79 Å². The van der Waals surface area contributed by atoms with Crippen LogP contribution in [0.3, 0.4) is 0 Å². The zero-order valence-electron chi connectivity index (χ0n) is 13.9. The molecule has 0 saturated carbocycles. The third kappa shape index (κ3) is 2.86. The minimum Gasteiger partial charge on any atom is -0.341 e. The number of imidazole rings is 1. The van der Waals surface area contributed by atoms with Crippen LogP contribution in [0.2, 0.25) is 0 Å². The van der Waals surface area contributed by atoms with Crippen molar-refractivity contribution in [3.8, 4) is 0 Å². The molecule has 0 aliphatic carbocycles. The number of aromatic nitrogens is 4. The van der Waals surface area contributed by atoms with E-state index in [0.29, 0.717) is 11.2 Å². The van der Waals surface area contributed by atoms with Crippen LogP contribution in [0.5, 0.6) is 0 Å². The lowest BCUT2D eigenvalue weighted by Crippen LogP contribution is -2.44. The molecule has 4 rings (SSSR count). The minimum atomic E-state index is -0.0548. The molecule has 4 heterocycles. The summed E-state index contributed by atoms with van der Waals surface area (Å²) in [5, 5.41) is 3.32. The second kappa shape index (κ2) is 6.64. The lowest BCUT2D eigenvalue weighted by Gasteiger charge is -2.26. The summed E-state index contributed by atoms with van der Waals surface area (Å²) in [6.45, 7) is 5.49. The van der Waals surface area contributed by atoms with Gasteiger partial charge in [0.05, 0.1) is 0 Å². The predicted octanol–water partition coefficient (Wildman–Crippen LogP) is 0.00950. The Labute approximate surface area is 144 Å². The number of rotatable bonds is 2. The molecule has 9 heteroatoms. The third-order valence-electron chi connectivity index (χ3n) is 4.62. The quantitative estimate of drug-likeness (QED) is 0.790. The van der Waals surface area contributed by atoms with E-state index in [-0.39, 0.29) is 5.56 Å². The van der Waals surface area contributed by atoms with Crippen molar-refractivity contribution in [3.05, 3.63) is 10.4 Å². The minimum absolute atomic E-state index is 0.0548. The molecule has 0 unspecified atom stereocenters. The SMILES string of the molecule is Cn1c(N2CCCSCC2)nc2nc(N3CCNCC3)[nH]c2c1=O. The van der Waals surface area contributed by atoms with E-state index < -0.39 is 0 Å². The van der Waals surface area contributed by atoms with Crippen LogP contribution in [-0.4, -0.2) is 70.3 Å². The molecule has 24 heavy (non-hydrogen) atoms. The Hall–Kier alpha value is -1.74. The third-order valence-corrected chi connectivity index (χ3v) is 5.67. The first-order valence-electron chi connectivity index (χ1n) is 8.49. The lowest BCUT2D eigenvalue weighted by molar-refractivity contribution is 0.582. The standard InChI is InChI=1S/C15H23N7OS/c1-20-13(23)11-12(18-14(17-11)21-6-3-16-4-7-21)19-15(20)22-5-2-9-24-10-8-22/h16H,2-10H2,1H3,(H,17,18). The molecular formula is C15H23N7OS. The van der Waals surface area contributed by atoms with Gasteiger partial charge in [0.15, 0.2) is 11.2 Å². The molecule has 2 aromatic heterocycles. The van der Waals surface area contributed by atoms with Crippen LogP contribution in [0, 0.1) is 0 Å². The molecule has 2 saturated heterocycles. The molecule has 2 N–H and O–H groups in total. The van der Waals surface area contributed by atoms with Crippen molar-refractivity contribution in [1.29, 1.82) is 0 Å². The second-order valence-electron chi connectivity index (χ2n) is 6.23. The summed E-state index contributed by atoms with van der Waals surface area (Å²) < 4.78 is 1.65. The fraction of sp³-hybridized carbons (Fsp3) is 0.667. The molecule has 0 amide bonds. The average molecular weight is 349 g/mol. The first kappa shape index (κ1) is 15.8. The molecule has 2 aromatic rings. The topological polar surface area (TPSA) is 82.1 Å². The predicted molar refractivity (Wildman–Crippen MR) is 98.4 cm³/mol. The van der Waals surface area contributed by atoms with Crippen molar-refractivity contribution in [2.24, 2.45) is 7.05 Å². The Morgan fingerprint density at radius 2 is 1.88 bits per heavy atom. The van der Waals surface area contributed by atoms with Crippen molar-refractivity contribution in [3.63, 3.8) is 0 Å². The van der Waals surface area contributed by atoms with Crippen LogP contribution in [0.1, 0.15) is 6.42 Å². The van der Waals surface area contributed by atoms with Gasteiger partial charge in [-0.3, -0.25) is 9.36 Å². The highest BCUT2D eigenvalue weighted by molar-refractivity contribution is 7.99. The number of hydrogen-bond donors (Lipinski definition) is 2. The zero-order chi connectivity index (χ0) is 16.5. The van der Waals surface area contributed by atoms with Gasteiger partial charge in [0.2, 0.25) is 11.9 Å². The van der Waals surface area contributed by atoms with Crippen LogP contribution < -0.4 is 20.7 Å². The number of hydrogen-bond acceptors (Lipinski definition) is 7. The maximum absolute atomic E-state index is 12.8. The summed E-state index contributed by atoms with van der Waals surface area (Å²) in [5.74, 6) is 3.72. The van der Waals surface area contributed by atoms with Gasteiger partial charge in [-0.05, 0) is 12.2 Å². The average Bonchev–Trinajstić information content (AvgIpc) is 2.86. The van der Waals surface area contributed by atoms with Gasteiger partial charge < -0.3 is 20.1 Å². The molecule has 2 aliphatic heterocycles. The smallest absolute Gasteiger partial charge is 0.280 e. The largest absolute Gasteiger partial charge is 0.341 e. The highest BCUT2D eigenvalue weighted by atomic mass is 32.2. The van der Waals surface area contributed by atoms with Gasteiger partial charge >= 0.3 is 0 Å². The van der Waals surface area contributed by atoms with Gasteiger partial charge in [0.1, 0.15) is 0 Å². The first-order valence-corrected chi connectivity index (χ1v) is 9.64. The second-order valence-corrected chi connectivity index (χ2v) is 7.45. The number of fused-ring (bicyclic) bond motifs is 1. The molecule has 8 nitrogen and oxygen atoms in total. The summed E-state index contributed by atoms with van der Waals surface area (Å²) in [7, 11) is 1.80. The van der Waals surface area contributed by atoms with Crippen molar-refractivity contribution >= 4 is 34.8 Å². The summed E-state index contributed by atoms with van der Waals surface area (Å²) in [6.07, 6.45) is 1.12. The van der Waals surface area contributed by atoms with Gasteiger partial charge in [-0.1, -0.05) is 0 Å². The summed E-state index contributed by atoms with van der Waals surface area (Å²) >= 11 is 1.96. The van der Waals surface area contributed by atoms with Gasteiger partial charge in [-0.2, -0.15) is 21.7 Å². The summed E-state index contributed by atoms with van der Waals surface area (Å²) in [5.41, 5.74) is 0.971. The Morgan fingerprint density at radius 3 is 2.71 bits per heavy atom. The normalized spacial score (nSPS) is 19.7. The molecule has 0 spiro atoms. The van der Waals surface area contributed by atoms with Crippen LogP contribution in [0.15, 0.2) is 4.79 Å². The van der Waals surface area contributed by atoms with Gasteiger partial charge in [-0.25, -0.2) is 0 Å². The van der Waals surface area contributed by atoms with Crippen molar-refractivity contribution in [2.45, 2.75) is 6.42 Å². The monoisotopic (exact) mass is 349 g/mol. The zero-order valence-corrected chi connectivity index (χ0v) is 14.7. The van der Waals surface area contributed by atoms with Crippen LogP contribution >= 0.6 is 11.8 Å². The van der Waals surface area contributed by atoms with Crippen molar-refractivity contribution in [2.75, 3.05) is 60.6 Å². The van der Waals surface area contributed by atoms with E-state index >= 15 is 0 Å².